The molecule has 1 atom stereocenters. The highest BCUT2D eigenvalue weighted by Crippen LogP contribution is 2.23. The largest absolute Gasteiger partial charge is 0.392 e. The van der Waals surface area contributed by atoms with Gasteiger partial charge in [0, 0.05) is 25.7 Å². The zero-order valence-corrected chi connectivity index (χ0v) is 12.2. The van der Waals surface area contributed by atoms with Gasteiger partial charge in [0.05, 0.1) is 6.10 Å². The maximum Gasteiger partial charge on any atom is 0.229 e. The fourth-order valence-corrected chi connectivity index (χ4v) is 3.29. The molecule has 0 amide bonds. The van der Waals surface area contributed by atoms with E-state index >= 15 is 0 Å². The number of aliphatic hydroxyl groups is 1. The van der Waals surface area contributed by atoms with Crippen molar-refractivity contribution < 1.29 is 5.11 Å². The van der Waals surface area contributed by atoms with Crippen LogP contribution in [0.4, 0.5) is 5.95 Å². The Kier molecular flexibility index (Phi) is 4.33. The van der Waals surface area contributed by atoms with Gasteiger partial charge in [-0.3, -0.25) is 4.90 Å². The molecule has 2 fully saturated rings. The van der Waals surface area contributed by atoms with Crippen molar-refractivity contribution in [2.45, 2.75) is 37.8 Å². The van der Waals surface area contributed by atoms with Gasteiger partial charge in [-0.05, 0) is 43.8 Å². The number of hydrogen-bond donors (Lipinski definition) is 1. The van der Waals surface area contributed by atoms with Crippen LogP contribution < -0.4 is 4.90 Å². The van der Waals surface area contributed by atoms with E-state index in [1.54, 1.807) is 0 Å². The van der Waals surface area contributed by atoms with E-state index in [4.69, 9.17) is 11.6 Å². The molecule has 2 aliphatic rings. The highest BCUT2D eigenvalue weighted by Gasteiger charge is 2.28. The van der Waals surface area contributed by atoms with Gasteiger partial charge in [-0.15, -0.1) is 0 Å². The summed E-state index contributed by atoms with van der Waals surface area (Å²) in [4.78, 5) is 16.7. The van der Waals surface area contributed by atoms with Gasteiger partial charge in [0.25, 0.3) is 0 Å². The molecule has 20 heavy (non-hydrogen) atoms. The number of aliphatic hydroxyl groups excluding tert-OH is 1. The fourth-order valence-electron chi connectivity index (χ4n) is 3.17. The number of aromatic nitrogens is 3. The van der Waals surface area contributed by atoms with Crippen molar-refractivity contribution in [2.75, 3.05) is 31.1 Å². The zero-order valence-electron chi connectivity index (χ0n) is 11.5. The predicted molar refractivity (Wildman–Crippen MR) is 76.9 cm³/mol. The van der Waals surface area contributed by atoms with Crippen LogP contribution >= 0.6 is 11.6 Å². The van der Waals surface area contributed by atoms with Gasteiger partial charge in [-0.25, -0.2) is 9.97 Å². The summed E-state index contributed by atoms with van der Waals surface area (Å²) >= 11 is 5.81. The lowest BCUT2D eigenvalue weighted by Crippen LogP contribution is -2.49. The Morgan fingerprint density at radius 2 is 1.95 bits per heavy atom. The number of piperidine rings is 2. The van der Waals surface area contributed by atoms with Crippen molar-refractivity contribution >= 4 is 17.5 Å². The summed E-state index contributed by atoms with van der Waals surface area (Å²) in [5, 5.41) is 10.0. The minimum atomic E-state index is -0.149. The van der Waals surface area contributed by atoms with E-state index in [0.717, 1.165) is 51.9 Å². The molecule has 0 bridgehead atoms. The number of nitrogens with zero attached hydrogens (tertiary/aromatic N) is 5. The third-order valence-electron chi connectivity index (χ3n) is 4.22. The van der Waals surface area contributed by atoms with E-state index in [-0.39, 0.29) is 11.4 Å². The van der Waals surface area contributed by atoms with Crippen LogP contribution in [-0.4, -0.2) is 63.3 Å². The van der Waals surface area contributed by atoms with Crippen LogP contribution in [0.15, 0.2) is 6.33 Å². The van der Waals surface area contributed by atoms with Crippen LogP contribution in [-0.2, 0) is 0 Å². The molecule has 1 aromatic rings. The number of likely N-dealkylation sites (tertiary alicyclic amines) is 1. The molecular formula is C13H20ClN5O. The highest BCUT2D eigenvalue weighted by atomic mass is 35.5. The average Bonchev–Trinajstić information content (AvgIpc) is 2.47. The summed E-state index contributed by atoms with van der Waals surface area (Å²) in [5.41, 5.74) is 0. The maximum atomic E-state index is 9.78. The number of anilines is 1. The SMILES string of the molecule is O[C@@H]1CCCN(C2CCN(c3ncnc(Cl)n3)CC2)C1. The molecule has 2 aliphatic heterocycles. The Hall–Kier alpha value is -0.980. The first-order valence-corrected chi connectivity index (χ1v) is 7.62. The van der Waals surface area contributed by atoms with Crippen LogP contribution in [0.5, 0.6) is 0 Å². The molecule has 1 aromatic heterocycles. The summed E-state index contributed by atoms with van der Waals surface area (Å²) in [6, 6.07) is 0.568. The Bertz CT molecular complexity index is 452. The third kappa shape index (κ3) is 3.19. The molecular weight excluding hydrogens is 278 g/mol. The normalized spacial score (nSPS) is 25.9. The van der Waals surface area contributed by atoms with E-state index in [2.05, 4.69) is 24.8 Å². The first-order valence-electron chi connectivity index (χ1n) is 7.24. The van der Waals surface area contributed by atoms with E-state index in [1.165, 1.54) is 6.33 Å². The summed E-state index contributed by atoms with van der Waals surface area (Å²) in [5.74, 6) is 0.669. The summed E-state index contributed by atoms with van der Waals surface area (Å²) in [6.45, 7) is 3.79. The smallest absolute Gasteiger partial charge is 0.229 e. The first kappa shape index (κ1) is 14.0. The molecule has 0 unspecified atom stereocenters. The molecule has 6 nitrogen and oxygen atoms in total. The molecule has 0 saturated carbocycles. The monoisotopic (exact) mass is 297 g/mol. The van der Waals surface area contributed by atoms with Crippen LogP contribution in [0.25, 0.3) is 0 Å². The molecule has 3 rings (SSSR count). The van der Waals surface area contributed by atoms with Gasteiger partial charge < -0.3 is 10.0 Å². The van der Waals surface area contributed by atoms with Crippen LogP contribution in [0.2, 0.25) is 5.28 Å². The number of halogens is 1. The molecule has 110 valence electrons. The Morgan fingerprint density at radius 1 is 1.15 bits per heavy atom. The zero-order chi connectivity index (χ0) is 13.9. The number of β-amino-alcohol motifs (C(OH)–C–C–N with tert-alkyl or cyclic N) is 1. The van der Waals surface area contributed by atoms with Crippen molar-refractivity contribution in [3.63, 3.8) is 0 Å². The first-order chi connectivity index (χ1) is 9.72. The molecule has 3 heterocycles. The van der Waals surface area contributed by atoms with Crippen molar-refractivity contribution in [3.8, 4) is 0 Å². The lowest BCUT2D eigenvalue weighted by Gasteiger charge is -2.41. The van der Waals surface area contributed by atoms with E-state index in [9.17, 15) is 5.11 Å². The summed E-state index contributed by atoms with van der Waals surface area (Å²) in [7, 11) is 0. The molecule has 7 heteroatoms. The van der Waals surface area contributed by atoms with Gasteiger partial charge >= 0.3 is 0 Å². The quantitative estimate of drug-likeness (QED) is 0.877. The maximum absolute atomic E-state index is 9.78. The number of rotatable bonds is 2. The standard InChI is InChI=1S/C13H20ClN5O/c14-12-15-9-16-13(17-12)18-6-3-10(4-7-18)19-5-1-2-11(20)8-19/h9-11,20H,1-8H2/t11-/m1/s1. The minimum Gasteiger partial charge on any atom is -0.392 e. The van der Waals surface area contributed by atoms with Crippen molar-refractivity contribution in [1.29, 1.82) is 0 Å². The Labute approximate surface area is 123 Å². The van der Waals surface area contributed by atoms with E-state index < -0.39 is 0 Å². The molecule has 0 spiro atoms. The predicted octanol–water partition coefficient (Wildman–Crippen LogP) is 0.950. The fraction of sp³-hybridized carbons (Fsp3) is 0.769. The van der Waals surface area contributed by atoms with Crippen LogP contribution in [0.1, 0.15) is 25.7 Å². The second-order valence-corrected chi connectivity index (χ2v) is 5.90. The van der Waals surface area contributed by atoms with E-state index in [0.29, 0.717) is 12.0 Å². The van der Waals surface area contributed by atoms with Crippen molar-refractivity contribution in [1.82, 2.24) is 19.9 Å². The highest BCUT2D eigenvalue weighted by molar-refractivity contribution is 6.28. The minimum absolute atomic E-state index is 0.149. The van der Waals surface area contributed by atoms with Gasteiger partial charge in [0.1, 0.15) is 6.33 Å². The van der Waals surface area contributed by atoms with Crippen molar-refractivity contribution in [2.24, 2.45) is 0 Å². The Morgan fingerprint density at radius 3 is 2.65 bits per heavy atom. The van der Waals surface area contributed by atoms with Gasteiger partial charge in [0.15, 0.2) is 0 Å². The second kappa shape index (κ2) is 6.20. The lowest BCUT2D eigenvalue weighted by molar-refractivity contribution is 0.0397. The summed E-state index contributed by atoms with van der Waals surface area (Å²) in [6.07, 6.45) is 5.51. The Balaban J connectivity index is 1.56. The van der Waals surface area contributed by atoms with Crippen LogP contribution in [0.3, 0.4) is 0 Å². The average molecular weight is 298 g/mol. The molecule has 0 aromatic carbocycles. The third-order valence-corrected chi connectivity index (χ3v) is 4.40. The van der Waals surface area contributed by atoms with Crippen LogP contribution in [0, 0.1) is 0 Å². The topological polar surface area (TPSA) is 65.4 Å². The lowest BCUT2D eigenvalue weighted by atomic mass is 9.99. The van der Waals surface area contributed by atoms with Gasteiger partial charge in [-0.2, -0.15) is 4.98 Å². The molecule has 2 saturated heterocycles. The van der Waals surface area contributed by atoms with Gasteiger partial charge in [-0.1, -0.05) is 0 Å². The van der Waals surface area contributed by atoms with Crippen molar-refractivity contribution in [3.05, 3.63) is 11.6 Å². The second-order valence-electron chi connectivity index (χ2n) is 5.56. The summed E-state index contributed by atoms with van der Waals surface area (Å²) < 4.78 is 0. The molecule has 0 aliphatic carbocycles. The number of hydrogen-bond acceptors (Lipinski definition) is 6. The van der Waals surface area contributed by atoms with E-state index in [1.807, 2.05) is 0 Å². The molecule has 0 radical (unpaired) electrons. The molecule has 1 N–H and O–H groups in total. The van der Waals surface area contributed by atoms with Gasteiger partial charge in [0.2, 0.25) is 11.2 Å².